The van der Waals surface area contributed by atoms with E-state index in [1.165, 1.54) is 25.0 Å². The van der Waals surface area contributed by atoms with Crippen LogP contribution in [0.2, 0.25) is 0 Å². The van der Waals surface area contributed by atoms with E-state index in [1.807, 2.05) is 6.20 Å². The van der Waals surface area contributed by atoms with Crippen LogP contribution in [0.5, 0.6) is 0 Å². The molecule has 0 N–H and O–H groups in total. The standard InChI is InChI=1S/C12H9NSe/c1-8-12-10(6-7-13-8)9-4-2-3-5-11(9)14-12/h2-7H,1H3. The monoisotopic (exact) mass is 247 g/mol. The third-order valence-electron chi connectivity index (χ3n) is 2.47. The van der Waals surface area contributed by atoms with E-state index in [1.54, 1.807) is 0 Å². The van der Waals surface area contributed by atoms with E-state index < -0.39 is 0 Å². The van der Waals surface area contributed by atoms with Crippen molar-refractivity contribution >= 4 is 33.8 Å². The number of benzene rings is 1. The average Bonchev–Trinajstić information content (AvgIpc) is 2.59. The summed E-state index contributed by atoms with van der Waals surface area (Å²) in [5, 5.41) is 2.81. The summed E-state index contributed by atoms with van der Waals surface area (Å²) in [6.45, 7) is 2.10. The average molecular weight is 246 g/mol. The Morgan fingerprint density at radius 2 is 1.93 bits per heavy atom. The quantitative estimate of drug-likeness (QED) is 0.556. The summed E-state index contributed by atoms with van der Waals surface area (Å²) in [7, 11) is 0. The number of pyridine rings is 1. The second-order valence-electron chi connectivity index (χ2n) is 3.37. The summed E-state index contributed by atoms with van der Waals surface area (Å²) in [5.41, 5.74) is 1.19. The first-order chi connectivity index (χ1) is 6.86. The van der Waals surface area contributed by atoms with Crippen LogP contribution in [0, 0.1) is 6.92 Å². The third-order valence-corrected chi connectivity index (χ3v) is 5.19. The molecule has 0 spiro atoms. The molecule has 0 amide bonds. The van der Waals surface area contributed by atoms with Crippen molar-refractivity contribution in [3.05, 3.63) is 42.2 Å². The Hall–Kier alpha value is -1.11. The van der Waals surface area contributed by atoms with E-state index in [0.717, 1.165) is 0 Å². The van der Waals surface area contributed by atoms with Crippen LogP contribution in [-0.4, -0.2) is 19.5 Å². The molecule has 0 aliphatic heterocycles. The molecule has 0 radical (unpaired) electrons. The molecule has 3 aromatic rings. The summed E-state index contributed by atoms with van der Waals surface area (Å²) in [6.07, 6.45) is 1.91. The Morgan fingerprint density at radius 3 is 2.86 bits per heavy atom. The first kappa shape index (κ1) is 8.22. The number of rotatable bonds is 0. The zero-order valence-corrected chi connectivity index (χ0v) is 9.53. The molecule has 0 aliphatic carbocycles. The van der Waals surface area contributed by atoms with Gasteiger partial charge >= 0.3 is 87.9 Å². The predicted octanol–water partition coefficient (Wildman–Crippen LogP) is 2.75. The maximum absolute atomic E-state index is 4.35. The van der Waals surface area contributed by atoms with E-state index in [0.29, 0.717) is 14.5 Å². The van der Waals surface area contributed by atoms with Gasteiger partial charge in [-0.15, -0.1) is 0 Å². The molecule has 3 rings (SSSR count). The summed E-state index contributed by atoms with van der Waals surface area (Å²) in [4.78, 5) is 4.35. The summed E-state index contributed by atoms with van der Waals surface area (Å²) >= 11 is 0.463. The van der Waals surface area contributed by atoms with Crippen LogP contribution < -0.4 is 0 Å². The van der Waals surface area contributed by atoms with Crippen LogP contribution in [0.25, 0.3) is 19.3 Å². The fourth-order valence-corrected chi connectivity index (χ4v) is 4.18. The number of fused-ring (bicyclic) bond motifs is 3. The van der Waals surface area contributed by atoms with Crippen molar-refractivity contribution in [1.82, 2.24) is 4.98 Å². The Labute approximate surface area is 88.1 Å². The number of aromatic nitrogens is 1. The van der Waals surface area contributed by atoms with E-state index in [9.17, 15) is 0 Å². The van der Waals surface area contributed by atoms with Crippen molar-refractivity contribution < 1.29 is 0 Å². The molecule has 0 aliphatic rings. The van der Waals surface area contributed by atoms with Crippen molar-refractivity contribution in [2.24, 2.45) is 0 Å². The van der Waals surface area contributed by atoms with Gasteiger partial charge in [0.25, 0.3) is 0 Å². The maximum atomic E-state index is 4.35. The number of hydrogen-bond donors (Lipinski definition) is 0. The van der Waals surface area contributed by atoms with Gasteiger partial charge in [0.1, 0.15) is 0 Å². The molecule has 2 aromatic heterocycles. The molecule has 0 atom stereocenters. The minimum atomic E-state index is 0.463. The minimum absolute atomic E-state index is 0.463. The van der Waals surface area contributed by atoms with Gasteiger partial charge in [0.2, 0.25) is 0 Å². The van der Waals surface area contributed by atoms with Crippen molar-refractivity contribution in [3.8, 4) is 0 Å². The van der Waals surface area contributed by atoms with E-state index >= 15 is 0 Å². The second-order valence-corrected chi connectivity index (χ2v) is 5.58. The van der Waals surface area contributed by atoms with Crippen LogP contribution in [-0.2, 0) is 0 Å². The van der Waals surface area contributed by atoms with Crippen LogP contribution in [0.15, 0.2) is 36.5 Å². The van der Waals surface area contributed by atoms with Crippen molar-refractivity contribution in [1.29, 1.82) is 0 Å². The molecule has 14 heavy (non-hydrogen) atoms. The fraction of sp³-hybridized carbons (Fsp3) is 0.0833. The molecule has 68 valence electrons. The molecular formula is C12H9NSe. The Kier molecular flexibility index (Phi) is 1.73. The van der Waals surface area contributed by atoms with Crippen molar-refractivity contribution in [3.63, 3.8) is 0 Å². The second kappa shape index (κ2) is 2.94. The van der Waals surface area contributed by atoms with Gasteiger partial charge in [0.15, 0.2) is 0 Å². The number of aryl methyl sites for hydroxylation is 1. The third kappa shape index (κ3) is 1.05. The van der Waals surface area contributed by atoms with Crippen LogP contribution >= 0.6 is 0 Å². The normalized spacial score (nSPS) is 11.2. The number of nitrogens with zero attached hydrogens (tertiary/aromatic N) is 1. The molecule has 0 unspecified atom stereocenters. The van der Waals surface area contributed by atoms with Crippen LogP contribution in [0.3, 0.4) is 0 Å². The first-order valence-corrected chi connectivity index (χ1v) is 6.30. The van der Waals surface area contributed by atoms with Gasteiger partial charge in [-0.3, -0.25) is 0 Å². The molecule has 0 fully saturated rings. The molecule has 0 saturated heterocycles. The van der Waals surface area contributed by atoms with Gasteiger partial charge < -0.3 is 0 Å². The molecule has 0 saturated carbocycles. The zero-order chi connectivity index (χ0) is 9.54. The van der Waals surface area contributed by atoms with Gasteiger partial charge in [-0.25, -0.2) is 0 Å². The van der Waals surface area contributed by atoms with E-state index in [-0.39, 0.29) is 0 Å². The van der Waals surface area contributed by atoms with Gasteiger partial charge in [-0.1, -0.05) is 0 Å². The molecule has 0 bridgehead atoms. The Balaban J connectivity index is 2.63. The van der Waals surface area contributed by atoms with Gasteiger partial charge in [0, 0.05) is 0 Å². The molecule has 2 heterocycles. The summed E-state index contributed by atoms with van der Waals surface area (Å²) < 4.78 is 2.95. The summed E-state index contributed by atoms with van der Waals surface area (Å²) in [6, 6.07) is 10.8. The SMILES string of the molecule is Cc1nccc2c1[se]c1ccccc12. The van der Waals surface area contributed by atoms with E-state index in [2.05, 4.69) is 42.2 Å². The van der Waals surface area contributed by atoms with Crippen molar-refractivity contribution in [2.45, 2.75) is 6.92 Å². The fourth-order valence-electron chi connectivity index (χ4n) is 1.78. The first-order valence-electron chi connectivity index (χ1n) is 4.59. The molecule has 1 aromatic carbocycles. The topological polar surface area (TPSA) is 12.9 Å². The molecular weight excluding hydrogens is 237 g/mol. The zero-order valence-electron chi connectivity index (χ0n) is 7.82. The van der Waals surface area contributed by atoms with Crippen molar-refractivity contribution in [2.75, 3.05) is 0 Å². The number of hydrogen-bond acceptors (Lipinski definition) is 1. The van der Waals surface area contributed by atoms with Crippen LogP contribution in [0.4, 0.5) is 0 Å². The van der Waals surface area contributed by atoms with Gasteiger partial charge in [-0.05, 0) is 0 Å². The van der Waals surface area contributed by atoms with Gasteiger partial charge in [0.05, 0.1) is 0 Å². The summed E-state index contributed by atoms with van der Waals surface area (Å²) in [5.74, 6) is 0. The van der Waals surface area contributed by atoms with Gasteiger partial charge in [-0.2, -0.15) is 0 Å². The van der Waals surface area contributed by atoms with E-state index in [4.69, 9.17) is 0 Å². The Bertz CT molecular complexity index is 610. The molecule has 2 heteroatoms. The Morgan fingerprint density at radius 1 is 1.07 bits per heavy atom. The van der Waals surface area contributed by atoms with Crippen LogP contribution in [0.1, 0.15) is 5.69 Å². The predicted molar refractivity (Wildman–Crippen MR) is 60.9 cm³/mol. The molecule has 1 nitrogen and oxygen atoms in total.